The summed E-state index contributed by atoms with van der Waals surface area (Å²) in [7, 11) is 0. The van der Waals surface area contributed by atoms with Crippen molar-refractivity contribution in [3.63, 3.8) is 0 Å². The molecular formula is C30H29N3O3. The SMILES string of the molecule is O=C(CCc1ccccc1)Nc1ccc(NCC(=O)Nc2ccc(OCc3ccccc3)cc2)cc1. The standard InChI is InChI=1S/C30H29N3O3/c34-29(20-11-23-7-3-1-4-8-23)32-26-14-12-25(13-15-26)31-21-30(35)33-27-16-18-28(19-17-27)36-22-24-9-5-2-6-10-24/h1-10,12-19,31H,11,20-22H2,(H,32,34)(H,33,35). The van der Waals surface area contributed by atoms with Crippen LogP contribution in [0.15, 0.2) is 109 Å². The lowest BCUT2D eigenvalue weighted by Crippen LogP contribution is -2.21. The smallest absolute Gasteiger partial charge is 0.243 e. The summed E-state index contributed by atoms with van der Waals surface area (Å²) in [6.07, 6.45) is 1.12. The molecule has 0 bridgehead atoms. The first-order chi connectivity index (χ1) is 17.6. The fraction of sp³-hybridized carbons (Fsp3) is 0.133. The number of hydrogen-bond donors (Lipinski definition) is 3. The van der Waals surface area contributed by atoms with Crippen molar-refractivity contribution in [3.05, 3.63) is 120 Å². The fourth-order valence-electron chi connectivity index (χ4n) is 3.56. The van der Waals surface area contributed by atoms with Gasteiger partial charge < -0.3 is 20.7 Å². The number of carbonyl (C=O) groups excluding carboxylic acids is 2. The van der Waals surface area contributed by atoms with Crippen LogP contribution in [0.25, 0.3) is 0 Å². The molecule has 182 valence electrons. The molecule has 36 heavy (non-hydrogen) atoms. The molecule has 0 fully saturated rings. The zero-order valence-electron chi connectivity index (χ0n) is 19.9. The van der Waals surface area contributed by atoms with Crippen LogP contribution in [0.3, 0.4) is 0 Å². The molecule has 0 unspecified atom stereocenters. The molecule has 4 rings (SSSR count). The van der Waals surface area contributed by atoms with E-state index in [1.165, 1.54) is 0 Å². The van der Waals surface area contributed by atoms with Crippen LogP contribution in [0.4, 0.5) is 17.1 Å². The van der Waals surface area contributed by atoms with Crippen LogP contribution in [0, 0.1) is 0 Å². The molecule has 0 aliphatic heterocycles. The first kappa shape index (κ1) is 24.5. The van der Waals surface area contributed by atoms with Gasteiger partial charge in [-0.25, -0.2) is 0 Å². The normalized spacial score (nSPS) is 10.3. The maximum absolute atomic E-state index is 12.3. The van der Waals surface area contributed by atoms with Crippen molar-refractivity contribution in [1.82, 2.24) is 0 Å². The van der Waals surface area contributed by atoms with E-state index in [-0.39, 0.29) is 18.4 Å². The second kappa shape index (κ2) is 12.8. The third kappa shape index (κ3) is 8.02. The molecule has 6 heteroatoms. The predicted octanol–water partition coefficient (Wildman–Crippen LogP) is 5.89. The van der Waals surface area contributed by atoms with Gasteiger partial charge in [0.1, 0.15) is 12.4 Å². The van der Waals surface area contributed by atoms with Crippen LogP contribution in [0.2, 0.25) is 0 Å². The van der Waals surface area contributed by atoms with Crippen molar-refractivity contribution in [2.24, 2.45) is 0 Å². The summed E-state index contributed by atoms with van der Waals surface area (Å²) in [5, 5.41) is 8.86. The van der Waals surface area contributed by atoms with Crippen LogP contribution < -0.4 is 20.7 Å². The first-order valence-corrected chi connectivity index (χ1v) is 11.9. The van der Waals surface area contributed by atoms with Crippen LogP contribution >= 0.6 is 0 Å². The van der Waals surface area contributed by atoms with E-state index < -0.39 is 0 Å². The summed E-state index contributed by atoms with van der Waals surface area (Å²) in [5.41, 5.74) is 4.44. The highest BCUT2D eigenvalue weighted by molar-refractivity contribution is 5.94. The second-order valence-corrected chi connectivity index (χ2v) is 8.31. The molecule has 0 heterocycles. The number of amides is 2. The quantitative estimate of drug-likeness (QED) is 0.251. The van der Waals surface area contributed by atoms with E-state index in [1.807, 2.05) is 109 Å². The van der Waals surface area contributed by atoms with Crippen LogP contribution in [0.5, 0.6) is 5.75 Å². The Hall–Kier alpha value is -4.58. The van der Waals surface area contributed by atoms with E-state index in [9.17, 15) is 9.59 Å². The molecule has 0 radical (unpaired) electrons. The summed E-state index contributed by atoms with van der Waals surface area (Å²) < 4.78 is 5.77. The van der Waals surface area contributed by atoms with Gasteiger partial charge in [0, 0.05) is 23.5 Å². The van der Waals surface area contributed by atoms with Gasteiger partial charge in [0.15, 0.2) is 0 Å². The largest absolute Gasteiger partial charge is 0.489 e. The number of aryl methyl sites for hydroxylation is 1. The van der Waals surface area contributed by atoms with E-state index >= 15 is 0 Å². The van der Waals surface area contributed by atoms with Crippen molar-refractivity contribution < 1.29 is 14.3 Å². The molecule has 4 aromatic rings. The minimum absolute atomic E-state index is 0.0320. The predicted molar refractivity (Wildman–Crippen MR) is 144 cm³/mol. The van der Waals surface area contributed by atoms with E-state index in [0.717, 1.165) is 28.3 Å². The molecule has 6 nitrogen and oxygen atoms in total. The molecule has 0 atom stereocenters. The second-order valence-electron chi connectivity index (χ2n) is 8.31. The summed E-state index contributed by atoms with van der Waals surface area (Å²) in [4.78, 5) is 24.5. The summed E-state index contributed by atoms with van der Waals surface area (Å²) >= 11 is 0. The van der Waals surface area contributed by atoms with Crippen molar-refractivity contribution >= 4 is 28.9 Å². The van der Waals surface area contributed by atoms with Gasteiger partial charge in [-0.2, -0.15) is 0 Å². The van der Waals surface area contributed by atoms with Crippen molar-refractivity contribution in [1.29, 1.82) is 0 Å². The van der Waals surface area contributed by atoms with Gasteiger partial charge in [-0.05, 0) is 66.1 Å². The lowest BCUT2D eigenvalue weighted by atomic mass is 10.1. The monoisotopic (exact) mass is 479 g/mol. The van der Waals surface area contributed by atoms with Gasteiger partial charge in [-0.3, -0.25) is 9.59 Å². The lowest BCUT2D eigenvalue weighted by Gasteiger charge is -2.10. The molecule has 0 saturated heterocycles. The van der Waals surface area contributed by atoms with Crippen LogP contribution in [-0.2, 0) is 22.6 Å². The zero-order chi connectivity index (χ0) is 25.0. The zero-order valence-corrected chi connectivity index (χ0v) is 19.9. The average molecular weight is 480 g/mol. The summed E-state index contributed by atoms with van der Waals surface area (Å²) in [6, 6.07) is 34.5. The van der Waals surface area contributed by atoms with Gasteiger partial charge >= 0.3 is 0 Å². The summed E-state index contributed by atoms with van der Waals surface area (Å²) in [6.45, 7) is 0.613. The molecule has 0 aliphatic carbocycles. The van der Waals surface area contributed by atoms with Gasteiger partial charge in [0.05, 0.1) is 6.54 Å². The highest BCUT2D eigenvalue weighted by atomic mass is 16.5. The summed E-state index contributed by atoms with van der Waals surface area (Å²) in [5.74, 6) is 0.545. The third-order valence-electron chi connectivity index (χ3n) is 5.49. The first-order valence-electron chi connectivity index (χ1n) is 11.9. The lowest BCUT2D eigenvalue weighted by molar-refractivity contribution is -0.116. The molecule has 4 aromatic carbocycles. The maximum atomic E-state index is 12.3. The Balaban J connectivity index is 1.16. The van der Waals surface area contributed by atoms with Crippen molar-refractivity contribution in [3.8, 4) is 5.75 Å². The molecule has 3 N–H and O–H groups in total. The third-order valence-corrected chi connectivity index (χ3v) is 5.49. The number of anilines is 3. The van der Waals surface area contributed by atoms with E-state index in [0.29, 0.717) is 25.1 Å². The molecule has 2 amide bonds. The molecular weight excluding hydrogens is 450 g/mol. The molecule has 0 aromatic heterocycles. The molecule has 0 aliphatic rings. The highest BCUT2D eigenvalue weighted by Gasteiger charge is 2.06. The maximum Gasteiger partial charge on any atom is 0.243 e. The Kier molecular flexibility index (Phi) is 8.70. The fourth-order valence-corrected chi connectivity index (χ4v) is 3.56. The average Bonchev–Trinajstić information content (AvgIpc) is 2.92. The number of hydrogen-bond acceptors (Lipinski definition) is 4. The Morgan fingerprint density at radius 2 is 1.11 bits per heavy atom. The molecule has 0 saturated carbocycles. The highest BCUT2D eigenvalue weighted by Crippen LogP contribution is 2.18. The van der Waals surface area contributed by atoms with Crippen LogP contribution in [-0.4, -0.2) is 18.4 Å². The van der Waals surface area contributed by atoms with E-state index in [4.69, 9.17) is 4.74 Å². The van der Waals surface area contributed by atoms with Gasteiger partial charge in [0.25, 0.3) is 0 Å². The topological polar surface area (TPSA) is 79.5 Å². The Labute approximate surface area is 211 Å². The van der Waals surface area contributed by atoms with E-state index in [1.54, 1.807) is 0 Å². The Bertz CT molecular complexity index is 1240. The number of benzene rings is 4. The number of nitrogens with one attached hydrogen (secondary N) is 3. The van der Waals surface area contributed by atoms with Crippen molar-refractivity contribution in [2.45, 2.75) is 19.4 Å². The number of ether oxygens (including phenoxy) is 1. The van der Waals surface area contributed by atoms with Crippen molar-refractivity contribution in [2.75, 3.05) is 22.5 Å². The van der Waals surface area contributed by atoms with Gasteiger partial charge in [-0.15, -0.1) is 0 Å². The number of rotatable bonds is 11. The van der Waals surface area contributed by atoms with E-state index in [2.05, 4.69) is 16.0 Å². The van der Waals surface area contributed by atoms with Gasteiger partial charge in [0.2, 0.25) is 11.8 Å². The minimum Gasteiger partial charge on any atom is -0.489 e. The molecule has 0 spiro atoms. The minimum atomic E-state index is -0.161. The van der Waals surface area contributed by atoms with Crippen LogP contribution in [0.1, 0.15) is 17.5 Å². The number of carbonyl (C=O) groups is 2. The Morgan fingerprint density at radius 3 is 1.75 bits per heavy atom. The Morgan fingerprint density at radius 1 is 0.583 bits per heavy atom. The van der Waals surface area contributed by atoms with Gasteiger partial charge in [-0.1, -0.05) is 60.7 Å².